The average molecular weight is 332 g/mol. The molecule has 1 N–H and O–H groups in total. The average Bonchev–Trinajstić information content (AvgIpc) is 3.23. The number of rotatable bonds is 5. The first-order valence-corrected chi connectivity index (χ1v) is 8.19. The predicted octanol–water partition coefficient (Wildman–Crippen LogP) is 3.19. The lowest BCUT2D eigenvalue weighted by Gasteiger charge is -2.19. The van der Waals surface area contributed by atoms with E-state index < -0.39 is 5.97 Å². The van der Waals surface area contributed by atoms with Gasteiger partial charge in [-0.25, -0.2) is 5.01 Å². The van der Waals surface area contributed by atoms with Crippen LogP contribution in [0.2, 0.25) is 0 Å². The molecule has 1 unspecified atom stereocenters. The minimum absolute atomic E-state index is 0.0774. The molecule has 2 aromatic heterocycles. The Labute approximate surface area is 137 Å². The molecule has 23 heavy (non-hydrogen) atoms. The Morgan fingerprint density at radius 1 is 1.39 bits per heavy atom. The van der Waals surface area contributed by atoms with Gasteiger partial charge in [-0.1, -0.05) is 0 Å². The number of hydrazone groups is 1. The van der Waals surface area contributed by atoms with Crippen molar-refractivity contribution in [1.29, 1.82) is 0 Å². The van der Waals surface area contributed by atoms with Gasteiger partial charge in [0.1, 0.15) is 17.6 Å². The van der Waals surface area contributed by atoms with Crippen molar-refractivity contribution in [1.82, 2.24) is 5.01 Å². The summed E-state index contributed by atoms with van der Waals surface area (Å²) in [6.45, 7) is 1.84. The van der Waals surface area contributed by atoms with Gasteiger partial charge in [0, 0.05) is 18.4 Å². The van der Waals surface area contributed by atoms with E-state index in [1.165, 1.54) is 5.01 Å². The summed E-state index contributed by atoms with van der Waals surface area (Å²) in [5.41, 5.74) is 1.80. The molecule has 0 aromatic carbocycles. The number of carboxylic acids is 1. The van der Waals surface area contributed by atoms with Crippen LogP contribution in [0, 0.1) is 6.92 Å². The number of hydrogen-bond donors (Lipinski definition) is 1. The third-order valence-electron chi connectivity index (χ3n) is 3.66. The number of nitrogens with zero attached hydrogens (tertiary/aromatic N) is 2. The molecule has 0 spiro atoms. The van der Waals surface area contributed by atoms with Gasteiger partial charge in [0.05, 0.1) is 12.1 Å². The van der Waals surface area contributed by atoms with Crippen molar-refractivity contribution in [3.05, 3.63) is 46.0 Å². The molecule has 0 fully saturated rings. The van der Waals surface area contributed by atoms with Crippen LogP contribution < -0.4 is 0 Å². The van der Waals surface area contributed by atoms with Crippen LogP contribution in [0.25, 0.3) is 0 Å². The Balaban J connectivity index is 1.86. The van der Waals surface area contributed by atoms with E-state index in [4.69, 9.17) is 9.52 Å². The summed E-state index contributed by atoms with van der Waals surface area (Å²) >= 11 is 1.57. The molecule has 0 saturated carbocycles. The topological polar surface area (TPSA) is 83.1 Å². The highest BCUT2D eigenvalue weighted by atomic mass is 32.1. The maximum atomic E-state index is 12.4. The maximum absolute atomic E-state index is 12.4. The van der Waals surface area contributed by atoms with Crippen LogP contribution in [-0.4, -0.2) is 27.7 Å². The Morgan fingerprint density at radius 3 is 2.83 bits per heavy atom. The SMILES string of the molecule is Cc1ccc(C2CC(c3ccsc3)=NN2C(=O)CCC(=O)O)o1. The first-order valence-electron chi connectivity index (χ1n) is 7.25. The molecule has 120 valence electrons. The van der Waals surface area contributed by atoms with Gasteiger partial charge in [-0.15, -0.1) is 0 Å². The lowest BCUT2D eigenvalue weighted by Crippen LogP contribution is -2.27. The molecule has 0 saturated heterocycles. The summed E-state index contributed by atoms with van der Waals surface area (Å²) < 4.78 is 5.66. The number of thiophene rings is 1. The number of hydrogen-bond acceptors (Lipinski definition) is 5. The number of carboxylic acid groups (broad SMARTS) is 1. The summed E-state index contributed by atoms with van der Waals surface area (Å²) in [5.74, 6) is 0.128. The summed E-state index contributed by atoms with van der Waals surface area (Å²) in [4.78, 5) is 23.1. The van der Waals surface area contributed by atoms with E-state index in [1.54, 1.807) is 11.3 Å². The third kappa shape index (κ3) is 3.34. The van der Waals surface area contributed by atoms with E-state index in [0.717, 1.165) is 17.0 Å². The van der Waals surface area contributed by atoms with Crippen molar-refractivity contribution in [3.63, 3.8) is 0 Å². The van der Waals surface area contributed by atoms with Gasteiger partial charge in [-0.05, 0) is 35.9 Å². The highest BCUT2D eigenvalue weighted by Crippen LogP contribution is 2.34. The molecule has 7 heteroatoms. The first kappa shape index (κ1) is 15.5. The maximum Gasteiger partial charge on any atom is 0.303 e. The minimum Gasteiger partial charge on any atom is -0.481 e. The van der Waals surface area contributed by atoms with Gasteiger partial charge in [-0.2, -0.15) is 16.4 Å². The quantitative estimate of drug-likeness (QED) is 0.911. The Kier molecular flexibility index (Phi) is 4.29. The van der Waals surface area contributed by atoms with Gasteiger partial charge >= 0.3 is 5.97 Å². The molecule has 1 atom stereocenters. The second-order valence-electron chi connectivity index (χ2n) is 5.36. The number of amides is 1. The number of aliphatic carboxylic acids is 1. The molecular weight excluding hydrogens is 316 g/mol. The summed E-state index contributed by atoms with van der Waals surface area (Å²) in [6.07, 6.45) is 0.275. The zero-order chi connectivity index (χ0) is 16.4. The lowest BCUT2D eigenvalue weighted by molar-refractivity contribution is -0.141. The predicted molar refractivity (Wildman–Crippen MR) is 85.4 cm³/mol. The van der Waals surface area contributed by atoms with Crippen LogP contribution in [0.1, 0.15) is 42.4 Å². The van der Waals surface area contributed by atoms with Gasteiger partial charge in [0.25, 0.3) is 0 Å². The van der Waals surface area contributed by atoms with Crippen LogP contribution in [0.5, 0.6) is 0 Å². The largest absolute Gasteiger partial charge is 0.481 e. The molecule has 1 aliphatic heterocycles. The van der Waals surface area contributed by atoms with Crippen molar-refractivity contribution in [3.8, 4) is 0 Å². The highest BCUT2D eigenvalue weighted by molar-refractivity contribution is 7.08. The first-order chi connectivity index (χ1) is 11.0. The molecule has 2 aromatic rings. The van der Waals surface area contributed by atoms with Crippen LogP contribution >= 0.6 is 11.3 Å². The second-order valence-corrected chi connectivity index (χ2v) is 6.14. The van der Waals surface area contributed by atoms with Gasteiger partial charge in [0.15, 0.2) is 0 Å². The van der Waals surface area contributed by atoms with E-state index >= 15 is 0 Å². The zero-order valence-corrected chi connectivity index (χ0v) is 13.4. The van der Waals surface area contributed by atoms with E-state index in [-0.39, 0.29) is 24.8 Å². The lowest BCUT2D eigenvalue weighted by atomic mass is 10.0. The Morgan fingerprint density at radius 2 is 2.22 bits per heavy atom. The molecule has 0 aliphatic carbocycles. The molecule has 0 bridgehead atoms. The normalized spacial score (nSPS) is 17.3. The van der Waals surface area contributed by atoms with Crippen molar-refractivity contribution < 1.29 is 19.1 Å². The highest BCUT2D eigenvalue weighted by Gasteiger charge is 2.35. The molecule has 1 amide bonds. The zero-order valence-electron chi connectivity index (χ0n) is 12.6. The Bertz CT molecular complexity index is 748. The van der Waals surface area contributed by atoms with E-state index in [2.05, 4.69) is 5.10 Å². The molecule has 1 aliphatic rings. The fourth-order valence-corrected chi connectivity index (χ4v) is 3.19. The van der Waals surface area contributed by atoms with Crippen molar-refractivity contribution in [2.45, 2.75) is 32.2 Å². The standard InChI is InChI=1S/C16H16N2O4S/c1-10-2-3-14(22-10)13-8-12(11-6-7-23-9-11)17-18(13)15(19)4-5-16(20)21/h2-3,6-7,9,13H,4-5,8H2,1H3,(H,20,21). The number of carbonyl (C=O) groups excluding carboxylic acids is 1. The van der Waals surface area contributed by atoms with Gasteiger partial charge < -0.3 is 9.52 Å². The Hall–Kier alpha value is -2.41. The fraction of sp³-hybridized carbons (Fsp3) is 0.312. The summed E-state index contributed by atoms with van der Waals surface area (Å²) in [6, 6.07) is 5.32. The van der Waals surface area contributed by atoms with E-state index in [1.807, 2.05) is 35.9 Å². The van der Waals surface area contributed by atoms with E-state index in [0.29, 0.717) is 12.2 Å². The van der Waals surface area contributed by atoms with E-state index in [9.17, 15) is 9.59 Å². The minimum atomic E-state index is -0.995. The second kappa shape index (κ2) is 6.37. The van der Waals surface area contributed by atoms with Crippen molar-refractivity contribution in [2.24, 2.45) is 5.10 Å². The van der Waals surface area contributed by atoms with Crippen LogP contribution in [0.3, 0.4) is 0 Å². The number of carbonyl (C=O) groups is 2. The fourth-order valence-electron chi connectivity index (χ4n) is 2.53. The molecule has 3 heterocycles. The van der Waals surface area contributed by atoms with Gasteiger partial charge in [-0.3, -0.25) is 9.59 Å². The number of aryl methyl sites for hydroxylation is 1. The van der Waals surface area contributed by atoms with Gasteiger partial charge in [0.2, 0.25) is 5.91 Å². The smallest absolute Gasteiger partial charge is 0.303 e. The van der Waals surface area contributed by atoms with Crippen molar-refractivity contribution >= 4 is 28.9 Å². The molecule has 6 nitrogen and oxygen atoms in total. The molecule has 3 rings (SSSR count). The van der Waals surface area contributed by atoms with Crippen LogP contribution in [0.15, 0.2) is 38.5 Å². The van der Waals surface area contributed by atoms with Crippen molar-refractivity contribution in [2.75, 3.05) is 0 Å². The third-order valence-corrected chi connectivity index (χ3v) is 4.35. The van der Waals surface area contributed by atoms with Crippen LogP contribution in [0.4, 0.5) is 0 Å². The summed E-state index contributed by atoms with van der Waals surface area (Å²) in [5, 5.41) is 18.5. The molecule has 0 radical (unpaired) electrons. The summed E-state index contributed by atoms with van der Waals surface area (Å²) in [7, 11) is 0. The van der Waals surface area contributed by atoms with Crippen LogP contribution in [-0.2, 0) is 9.59 Å². The molecular formula is C16H16N2O4S. The monoisotopic (exact) mass is 332 g/mol. The number of furan rings is 1.